The van der Waals surface area contributed by atoms with Crippen LogP contribution in [0, 0.1) is 19.8 Å². The lowest BCUT2D eigenvalue weighted by Crippen LogP contribution is -2.32. The van der Waals surface area contributed by atoms with Crippen LogP contribution in [-0.4, -0.2) is 15.9 Å². The Morgan fingerprint density at radius 1 is 1.00 bits per heavy atom. The molecule has 1 amide bonds. The van der Waals surface area contributed by atoms with Gasteiger partial charge in [-0.05, 0) is 43.5 Å². The molecule has 4 rings (SSSR count). The topological polar surface area (TPSA) is 54.9 Å². The van der Waals surface area contributed by atoms with Crippen molar-refractivity contribution in [1.29, 1.82) is 0 Å². The molecule has 2 aromatic carbocycles. The lowest BCUT2D eigenvalue weighted by atomic mass is 9.95. The van der Waals surface area contributed by atoms with Crippen LogP contribution in [0.1, 0.15) is 26.8 Å². The molecule has 4 nitrogen and oxygen atoms in total. The van der Waals surface area contributed by atoms with Gasteiger partial charge < -0.3 is 5.32 Å². The minimum absolute atomic E-state index is 0.0327. The van der Waals surface area contributed by atoms with Crippen molar-refractivity contribution >= 4 is 40.2 Å². The fourth-order valence-corrected chi connectivity index (χ4v) is 5.53. The molecule has 0 aliphatic rings. The molecule has 1 atom stereocenters. The molecule has 0 saturated heterocycles. The summed E-state index contributed by atoms with van der Waals surface area (Å²) < 4.78 is 0. The number of nitrogens with one attached hydrogen (secondary N) is 1. The van der Waals surface area contributed by atoms with Crippen LogP contribution in [0.4, 0.5) is 0 Å². The van der Waals surface area contributed by atoms with Crippen molar-refractivity contribution in [3.05, 3.63) is 91.8 Å². The van der Waals surface area contributed by atoms with Crippen LogP contribution < -0.4 is 5.32 Å². The molecule has 0 aliphatic carbocycles. The Hall–Kier alpha value is -2.54. The molecule has 0 bridgehead atoms. The van der Waals surface area contributed by atoms with Crippen molar-refractivity contribution in [2.24, 2.45) is 5.92 Å². The summed E-state index contributed by atoms with van der Waals surface area (Å²) >= 11 is 9.30. The maximum Gasteiger partial charge on any atom is 0.224 e. The second-order valence-corrected chi connectivity index (χ2v) is 10.3. The van der Waals surface area contributed by atoms with Gasteiger partial charge in [0.05, 0.1) is 26.3 Å². The highest BCUT2D eigenvalue weighted by molar-refractivity contribution is 7.15. The first-order valence-electron chi connectivity index (χ1n) is 10.4. The summed E-state index contributed by atoms with van der Waals surface area (Å²) in [5, 5.41) is 7.86. The first kappa shape index (κ1) is 22.6. The van der Waals surface area contributed by atoms with Crippen LogP contribution in [0.15, 0.2) is 60.0 Å². The highest BCUT2D eigenvalue weighted by Crippen LogP contribution is 2.31. The van der Waals surface area contributed by atoms with Gasteiger partial charge in [0.15, 0.2) is 0 Å². The Balaban J connectivity index is 1.51. The largest absolute Gasteiger partial charge is 0.352 e. The lowest BCUT2D eigenvalue weighted by molar-refractivity contribution is -0.125. The Kier molecular flexibility index (Phi) is 7.35. The molecule has 1 N–H and O–H groups in total. The van der Waals surface area contributed by atoms with Crippen LogP contribution >= 0.6 is 34.3 Å². The average Bonchev–Trinajstić information content (AvgIpc) is 3.39. The van der Waals surface area contributed by atoms with Crippen LogP contribution in [0.25, 0.3) is 10.6 Å². The van der Waals surface area contributed by atoms with Crippen LogP contribution in [-0.2, 0) is 24.2 Å². The van der Waals surface area contributed by atoms with E-state index in [4.69, 9.17) is 16.6 Å². The zero-order valence-corrected chi connectivity index (χ0v) is 20.4. The summed E-state index contributed by atoms with van der Waals surface area (Å²) in [7, 11) is 0. The molecule has 1 unspecified atom stereocenters. The SMILES string of the molecule is Cc1nc(C)c(-c2csc(CC(Cc3ccc(Cl)cc3)C(=O)NCc3ccccc3)n2)s1. The zero-order chi connectivity index (χ0) is 22.5. The fourth-order valence-electron chi connectivity index (χ4n) is 3.58. The standard InChI is InChI=1S/C25H24ClN3OS2/c1-16-24(32-17(2)28-16)22-15-31-23(29-22)13-20(12-18-8-10-21(26)11-9-18)25(30)27-14-19-6-4-3-5-7-19/h3-11,15,20H,12-14H2,1-2H3,(H,27,30). The number of carbonyl (C=O) groups excluding carboxylic acids is 1. The van der Waals surface area contributed by atoms with Gasteiger partial charge in [0.2, 0.25) is 5.91 Å². The Bertz CT molecular complexity index is 1190. The smallest absolute Gasteiger partial charge is 0.224 e. The maximum atomic E-state index is 13.2. The molecule has 0 fully saturated rings. The normalized spacial score (nSPS) is 12.0. The summed E-state index contributed by atoms with van der Waals surface area (Å²) in [4.78, 5) is 23.6. The number of halogens is 1. The molecule has 32 heavy (non-hydrogen) atoms. The van der Waals surface area contributed by atoms with Gasteiger partial charge in [0, 0.05) is 29.3 Å². The number of thiazole rings is 2. The van der Waals surface area contributed by atoms with Crippen molar-refractivity contribution < 1.29 is 4.79 Å². The highest BCUT2D eigenvalue weighted by Gasteiger charge is 2.22. The van der Waals surface area contributed by atoms with Crippen LogP contribution in [0.3, 0.4) is 0 Å². The highest BCUT2D eigenvalue weighted by atomic mass is 35.5. The van der Waals surface area contributed by atoms with E-state index < -0.39 is 0 Å². The Labute approximate surface area is 201 Å². The van der Waals surface area contributed by atoms with E-state index in [0.717, 1.165) is 37.4 Å². The fraction of sp³-hybridized carbons (Fsp3) is 0.240. The Morgan fingerprint density at radius 2 is 1.75 bits per heavy atom. The third-order valence-electron chi connectivity index (χ3n) is 5.18. The lowest BCUT2D eigenvalue weighted by Gasteiger charge is -2.16. The minimum atomic E-state index is -0.219. The van der Waals surface area contributed by atoms with Gasteiger partial charge in [0.1, 0.15) is 0 Å². The van der Waals surface area contributed by atoms with E-state index in [0.29, 0.717) is 24.4 Å². The first-order chi connectivity index (χ1) is 15.5. The van der Waals surface area contributed by atoms with Gasteiger partial charge >= 0.3 is 0 Å². The molecular formula is C25H24ClN3OS2. The number of hydrogen-bond donors (Lipinski definition) is 1. The minimum Gasteiger partial charge on any atom is -0.352 e. The van der Waals surface area contributed by atoms with Crippen molar-refractivity contribution in [1.82, 2.24) is 15.3 Å². The summed E-state index contributed by atoms with van der Waals surface area (Å²) in [6.45, 7) is 4.53. The monoisotopic (exact) mass is 481 g/mol. The van der Waals surface area contributed by atoms with Crippen LogP contribution in [0.2, 0.25) is 5.02 Å². The van der Waals surface area contributed by atoms with Gasteiger partial charge in [-0.3, -0.25) is 4.79 Å². The van der Waals surface area contributed by atoms with E-state index in [1.807, 2.05) is 68.4 Å². The van der Waals surface area contributed by atoms with E-state index in [-0.39, 0.29) is 11.8 Å². The van der Waals surface area contributed by atoms with Gasteiger partial charge in [-0.15, -0.1) is 22.7 Å². The third-order valence-corrected chi connectivity index (χ3v) is 7.40. The zero-order valence-electron chi connectivity index (χ0n) is 18.0. The molecule has 0 aliphatic heterocycles. The molecule has 4 aromatic rings. The average molecular weight is 482 g/mol. The summed E-state index contributed by atoms with van der Waals surface area (Å²) in [5.74, 6) is -0.187. The van der Waals surface area contributed by atoms with Gasteiger partial charge in [0.25, 0.3) is 0 Å². The summed E-state index contributed by atoms with van der Waals surface area (Å²) in [6.07, 6.45) is 1.22. The molecule has 0 spiro atoms. The van der Waals surface area contributed by atoms with Gasteiger partial charge in [-0.25, -0.2) is 9.97 Å². The quantitative estimate of drug-likeness (QED) is 0.323. The molecule has 0 saturated carbocycles. The van der Waals surface area contributed by atoms with E-state index in [1.165, 1.54) is 0 Å². The Morgan fingerprint density at radius 3 is 2.44 bits per heavy atom. The third kappa shape index (κ3) is 5.82. The molecule has 0 radical (unpaired) electrons. The van der Waals surface area contributed by atoms with Crippen molar-refractivity contribution in [3.8, 4) is 10.6 Å². The molecule has 2 aromatic heterocycles. The van der Waals surface area contributed by atoms with E-state index in [9.17, 15) is 4.79 Å². The first-order valence-corrected chi connectivity index (χ1v) is 12.5. The van der Waals surface area contributed by atoms with E-state index in [1.54, 1.807) is 22.7 Å². The maximum absolute atomic E-state index is 13.2. The van der Waals surface area contributed by atoms with Crippen LogP contribution in [0.5, 0.6) is 0 Å². The number of amides is 1. The number of hydrogen-bond acceptors (Lipinski definition) is 5. The van der Waals surface area contributed by atoms with Gasteiger partial charge in [-0.2, -0.15) is 0 Å². The second kappa shape index (κ2) is 10.4. The van der Waals surface area contributed by atoms with Crippen molar-refractivity contribution in [2.75, 3.05) is 0 Å². The number of carbonyl (C=O) groups is 1. The predicted molar refractivity (Wildman–Crippen MR) is 133 cm³/mol. The molecule has 164 valence electrons. The molecule has 7 heteroatoms. The number of aromatic nitrogens is 2. The summed E-state index contributed by atoms with van der Waals surface area (Å²) in [5.41, 5.74) is 4.12. The number of rotatable bonds is 8. The molecule has 2 heterocycles. The number of aryl methyl sites for hydroxylation is 2. The van der Waals surface area contributed by atoms with E-state index >= 15 is 0 Å². The van der Waals surface area contributed by atoms with Gasteiger partial charge in [-0.1, -0.05) is 54.1 Å². The molecular weight excluding hydrogens is 458 g/mol. The van der Waals surface area contributed by atoms with Crippen molar-refractivity contribution in [3.63, 3.8) is 0 Å². The number of benzene rings is 2. The predicted octanol–water partition coefficient (Wildman–Crippen LogP) is 6.25. The summed E-state index contributed by atoms with van der Waals surface area (Å²) in [6, 6.07) is 17.7. The van der Waals surface area contributed by atoms with Crippen molar-refractivity contribution in [2.45, 2.75) is 33.2 Å². The second-order valence-electron chi connectivity index (χ2n) is 7.71. The number of nitrogens with zero attached hydrogens (tertiary/aromatic N) is 2. The van der Waals surface area contributed by atoms with E-state index in [2.05, 4.69) is 15.7 Å².